The molecule has 0 radical (unpaired) electrons. The fourth-order valence-corrected chi connectivity index (χ4v) is 13.8. The Kier molecular flexibility index (Phi) is 43.7. The average molecular weight is 1830 g/mol. The second-order valence-electron chi connectivity index (χ2n) is 36.8. The van der Waals surface area contributed by atoms with E-state index in [1.54, 1.807) is 88.4 Å². The van der Waals surface area contributed by atoms with Crippen LogP contribution in [0.25, 0.3) is 0 Å². The van der Waals surface area contributed by atoms with Crippen LogP contribution in [0.2, 0.25) is 0 Å². The van der Waals surface area contributed by atoms with Crippen molar-refractivity contribution in [1.82, 2.24) is 0 Å². The first-order chi connectivity index (χ1) is 63.5. The Labute approximate surface area is 794 Å². The topological polar surface area (TPSA) is 294 Å². The molecule has 12 aromatic rings. The summed E-state index contributed by atoms with van der Waals surface area (Å²) in [4.78, 5) is 67.6. The first-order valence-corrected chi connectivity index (χ1v) is 45.8. The smallest absolute Gasteiger partial charge is 0.193 e. The summed E-state index contributed by atoms with van der Waals surface area (Å²) in [5.74, 6) is 2.29. The van der Waals surface area contributed by atoms with Crippen LogP contribution in [0.5, 0.6) is 34.5 Å². The van der Waals surface area contributed by atoms with Gasteiger partial charge in [-0.1, -0.05) is 215 Å². The van der Waals surface area contributed by atoms with E-state index < -0.39 is 12.2 Å². The van der Waals surface area contributed by atoms with Crippen molar-refractivity contribution in [2.24, 2.45) is 0 Å². The maximum Gasteiger partial charge on any atom is 0.193 e. The summed E-state index contributed by atoms with van der Waals surface area (Å²) in [6.45, 7) is 47.7. The standard InChI is InChI=1S/C24H33NO3.C21H28O3.C19H24O3.C18H21NO3.C17H20O3.C15H16O3/c1-15(26)14-25-18-10-8-16(9-11-18)21(27)17-12-19(23(2,3)4)22(28)20(13-17)24(5,6)7;1-14(2)19-10-18(11-20(15(3)4)21(19)22)13-24-23-12-17-8-6-16(5)7-9-17;1-4-17-10-16(11-18(5-2)19(17)20)13-22-21-12-15-8-6-14(3)7-9-15;1-11-8-15(9-12(2)17(11)21)18(22)14-4-6-16(7-5-14)19-10-13(3)20;1-12-4-6-15(7-5-12)10-19-20-11-16-8-13(2)17(18)14(3)9-16;1-12-2-4-13(5-3-12)10-17-18-11-14-6-8-15(16)9-7-14/h8-13,15,25-26,28H,14H2,1-7H3;6-11,14-15,22H,12-13H2,1-5H3;6-11,20H,4-5,12-13H2,1-3H3;4-9,13,19-21H,10H2,1-3H3;4-9,18H,10-11H2,1-3H3;2-9,16H,10-11H2,1H3. The third-order valence-electron chi connectivity index (χ3n) is 21.9. The molecule has 2 atom stereocenters. The molecule has 716 valence electrons. The molecule has 0 saturated carbocycles. The maximum atomic E-state index is 13.2. The first kappa shape index (κ1) is 109. The van der Waals surface area contributed by atoms with Gasteiger partial charge in [0.05, 0.1) is 12.2 Å². The van der Waals surface area contributed by atoms with E-state index in [0.717, 1.165) is 113 Å². The summed E-state index contributed by atoms with van der Waals surface area (Å²) in [7, 11) is 0. The number of anilines is 2. The van der Waals surface area contributed by atoms with E-state index in [1.807, 2.05) is 222 Å². The van der Waals surface area contributed by atoms with Gasteiger partial charge in [0.25, 0.3) is 0 Å². The summed E-state index contributed by atoms with van der Waals surface area (Å²) in [5.41, 5.74) is 25.1. The minimum absolute atomic E-state index is 0.0712. The molecular weight excluding hydrogens is 1690 g/mol. The molecule has 0 aliphatic heterocycles. The van der Waals surface area contributed by atoms with Gasteiger partial charge in [0.1, 0.15) is 87.4 Å². The summed E-state index contributed by atoms with van der Waals surface area (Å²) >= 11 is 0. The molecule has 12 aromatic carbocycles. The highest BCUT2D eigenvalue weighted by molar-refractivity contribution is 6.10. The molecule has 0 saturated heterocycles. The zero-order valence-corrected chi connectivity index (χ0v) is 82.4. The number of rotatable bonds is 34. The van der Waals surface area contributed by atoms with Gasteiger partial charge in [-0.15, -0.1) is 0 Å². The van der Waals surface area contributed by atoms with Crippen molar-refractivity contribution in [2.75, 3.05) is 23.7 Å². The Hall–Kier alpha value is -12.0. The third kappa shape index (κ3) is 36.4. The number of aliphatic hydroxyl groups is 2. The monoisotopic (exact) mass is 1830 g/mol. The number of aliphatic hydroxyl groups excluding tert-OH is 2. The minimum atomic E-state index is -0.440. The van der Waals surface area contributed by atoms with Gasteiger partial charge in [-0.3, -0.25) is 9.59 Å². The van der Waals surface area contributed by atoms with Gasteiger partial charge >= 0.3 is 0 Å². The number of hydrogen-bond acceptors (Lipinski definition) is 20. The van der Waals surface area contributed by atoms with Gasteiger partial charge in [0.2, 0.25) is 0 Å². The van der Waals surface area contributed by atoms with Crippen molar-refractivity contribution >= 4 is 22.9 Å². The lowest BCUT2D eigenvalue weighted by atomic mass is 9.77. The molecule has 2 unspecified atom stereocenters. The molecule has 20 heteroatoms. The van der Waals surface area contributed by atoms with Crippen molar-refractivity contribution < 1.29 is 89.5 Å². The first-order valence-electron chi connectivity index (χ1n) is 45.8. The van der Waals surface area contributed by atoms with Crippen LogP contribution in [0.1, 0.15) is 263 Å². The Morgan fingerprint density at radius 3 is 0.813 bits per heavy atom. The number of benzene rings is 12. The van der Waals surface area contributed by atoms with E-state index in [1.165, 1.54) is 22.3 Å². The van der Waals surface area contributed by atoms with E-state index in [4.69, 9.17) is 44.2 Å². The Bertz CT molecular complexity index is 5440. The van der Waals surface area contributed by atoms with Crippen LogP contribution in [0.3, 0.4) is 0 Å². The van der Waals surface area contributed by atoms with Gasteiger partial charge in [-0.2, -0.15) is 0 Å². The fraction of sp³-hybridized carbons (Fsp3) is 0.351. The Morgan fingerprint density at radius 1 is 0.291 bits per heavy atom. The number of carbonyl (C=O) groups is 2. The average Bonchev–Trinajstić information content (AvgIpc) is 0.770. The third-order valence-corrected chi connectivity index (χ3v) is 21.9. The normalized spacial score (nSPS) is 11.6. The van der Waals surface area contributed by atoms with Crippen molar-refractivity contribution in [1.29, 1.82) is 0 Å². The number of nitrogens with one attached hydrogen (secondary N) is 2. The van der Waals surface area contributed by atoms with Gasteiger partial charge < -0.3 is 51.5 Å². The van der Waals surface area contributed by atoms with Crippen molar-refractivity contribution in [3.05, 3.63) is 375 Å². The lowest BCUT2D eigenvalue weighted by Crippen LogP contribution is -2.19. The molecule has 134 heavy (non-hydrogen) atoms. The quantitative estimate of drug-likeness (QED) is 0.00776. The molecule has 10 N–H and O–H groups in total. The van der Waals surface area contributed by atoms with Gasteiger partial charge in [0, 0.05) is 57.8 Å². The van der Waals surface area contributed by atoms with Gasteiger partial charge in [-0.05, 0) is 315 Å². The number of aromatic hydroxyl groups is 6. The van der Waals surface area contributed by atoms with Crippen molar-refractivity contribution in [2.45, 2.75) is 253 Å². The summed E-state index contributed by atoms with van der Waals surface area (Å²) in [6.07, 6.45) is 0.738. The van der Waals surface area contributed by atoms with Crippen LogP contribution in [0, 0.1) is 55.4 Å². The van der Waals surface area contributed by atoms with Crippen LogP contribution in [0.4, 0.5) is 11.4 Å². The Balaban J connectivity index is 0.000000220. The predicted molar refractivity (Wildman–Crippen MR) is 535 cm³/mol. The van der Waals surface area contributed by atoms with E-state index >= 15 is 0 Å². The number of aryl methyl sites for hydroxylation is 10. The molecule has 20 nitrogen and oxygen atoms in total. The van der Waals surface area contributed by atoms with E-state index in [2.05, 4.69) is 83.4 Å². The van der Waals surface area contributed by atoms with Crippen LogP contribution in [-0.4, -0.2) is 77.7 Å². The largest absolute Gasteiger partial charge is 0.508 e. The van der Waals surface area contributed by atoms with Crippen LogP contribution >= 0.6 is 0 Å². The lowest BCUT2D eigenvalue weighted by molar-refractivity contribution is -0.313. The van der Waals surface area contributed by atoms with Crippen LogP contribution in [-0.2, 0) is 116 Å². The zero-order chi connectivity index (χ0) is 98.5. The highest BCUT2D eigenvalue weighted by atomic mass is 17.2. The van der Waals surface area contributed by atoms with Gasteiger partial charge in [-0.25, -0.2) is 39.1 Å². The molecular formula is C114H142N2O18. The van der Waals surface area contributed by atoms with E-state index in [9.17, 15) is 45.3 Å². The van der Waals surface area contributed by atoms with E-state index in [0.29, 0.717) is 117 Å². The summed E-state index contributed by atoms with van der Waals surface area (Å²) < 4.78 is 0. The lowest BCUT2D eigenvalue weighted by Gasteiger charge is -2.28. The summed E-state index contributed by atoms with van der Waals surface area (Å²) in [5, 5.41) is 84.8. The second-order valence-corrected chi connectivity index (χ2v) is 36.8. The summed E-state index contributed by atoms with van der Waals surface area (Å²) in [6, 6.07) is 72.6. The number of phenols is 6. The molecule has 0 fully saturated rings. The number of hydrogen-bond donors (Lipinski definition) is 10. The molecule has 0 amide bonds. The zero-order valence-electron chi connectivity index (χ0n) is 82.4. The van der Waals surface area contributed by atoms with Crippen molar-refractivity contribution in [3.8, 4) is 34.5 Å². The van der Waals surface area contributed by atoms with Crippen LogP contribution < -0.4 is 10.6 Å². The van der Waals surface area contributed by atoms with Crippen molar-refractivity contribution in [3.63, 3.8) is 0 Å². The molecule has 12 rings (SSSR count). The number of carbonyl (C=O) groups excluding carboxylic acids is 2. The second kappa shape index (κ2) is 53.8. The molecule has 0 aliphatic rings. The van der Waals surface area contributed by atoms with Crippen LogP contribution in [0.15, 0.2) is 231 Å². The SMILES string of the molecule is CC(O)CNc1ccc(C(=O)c2cc(C(C)(C)C)c(O)c(C(C)(C)C)c2)cc1.CCc1cc(COOCc2ccc(C)cc2)cc(CC)c1O.Cc1cc(C(=O)c2ccc(NCC(C)O)cc2)cc(C)c1O.Cc1ccc(COOCc2cc(C(C)C)c(O)c(C(C)C)c2)cc1.Cc1ccc(COOCc2cc(C)c(O)c(C)c2)cc1.Cc1ccc(COOCc2ccc(O)cc2)cc1. The predicted octanol–water partition coefficient (Wildman–Crippen LogP) is 25.4. The number of ketones is 2. The maximum absolute atomic E-state index is 13.2. The molecule has 0 spiro atoms. The number of phenolic OH excluding ortho intramolecular Hbond substituents is 6. The fourth-order valence-electron chi connectivity index (χ4n) is 13.8. The minimum Gasteiger partial charge on any atom is -0.508 e. The Morgan fingerprint density at radius 2 is 0.545 bits per heavy atom. The highest BCUT2D eigenvalue weighted by Gasteiger charge is 2.29. The highest BCUT2D eigenvalue weighted by Crippen LogP contribution is 2.41. The molecule has 0 aromatic heterocycles. The molecule has 0 aliphatic carbocycles. The van der Waals surface area contributed by atoms with E-state index in [-0.39, 0.29) is 51.5 Å². The molecule has 0 bridgehead atoms. The molecule has 0 heterocycles. The van der Waals surface area contributed by atoms with Gasteiger partial charge in [0.15, 0.2) is 11.6 Å².